The Bertz CT molecular complexity index is 245. The smallest absolute Gasteiger partial charge is 0.216 e. The minimum absolute atomic E-state index is 0.115. The van der Waals surface area contributed by atoms with E-state index >= 15 is 0 Å². The molecule has 3 saturated carbocycles. The molecular formula is C12H21NO. The maximum atomic E-state index is 10.9. The zero-order valence-corrected chi connectivity index (χ0v) is 9.47. The predicted molar refractivity (Wildman–Crippen MR) is 56.8 cm³/mol. The number of hydrogen-bond donors (Lipinski definition) is 1. The van der Waals surface area contributed by atoms with Crippen LogP contribution in [0.25, 0.3) is 0 Å². The van der Waals surface area contributed by atoms with Crippen LogP contribution in [-0.4, -0.2) is 12.5 Å². The van der Waals surface area contributed by atoms with Crippen LogP contribution in [0.2, 0.25) is 0 Å². The van der Waals surface area contributed by atoms with Gasteiger partial charge < -0.3 is 5.32 Å². The van der Waals surface area contributed by atoms with Gasteiger partial charge in [-0.1, -0.05) is 13.8 Å². The molecule has 14 heavy (non-hydrogen) atoms. The molecule has 80 valence electrons. The van der Waals surface area contributed by atoms with Gasteiger partial charge in [-0.15, -0.1) is 0 Å². The Morgan fingerprint density at radius 2 is 2.14 bits per heavy atom. The fraction of sp³-hybridized carbons (Fsp3) is 0.917. The average molecular weight is 195 g/mol. The molecule has 3 aliphatic rings. The standard InChI is InChI=1S/C12H21NO/c1-8(14)13-7-9-4-5-10-6-11(9)12(10,2)3/h9-11H,4-7H2,1-3H3,(H,13,14). The van der Waals surface area contributed by atoms with Crippen molar-refractivity contribution in [3.05, 3.63) is 0 Å². The van der Waals surface area contributed by atoms with E-state index in [9.17, 15) is 4.79 Å². The molecule has 0 aromatic heterocycles. The van der Waals surface area contributed by atoms with Gasteiger partial charge in [-0.2, -0.15) is 0 Å². The molecule has 0 spiro atoms. The van der Waals surface area contributed by atoms with Crippen LogP contribution >= 0.6 is 0 Å². The summed E-state index contributed by atoms with van der Waals surface area (Å²) < 4.78 is 0. The molecule has 0 aromatic rings. The molecule has 3 aliphatic carbocycles. The molecule has 3 fully saturated rings. The van der Waals surface area contributed by atoms with Crippen molar-refractivity contribution in [1.29, 1.82) is 0 Å². The van der Waals surface area contributed by atoms with Gasteiger partial charge in [-0.05, 0) is 42.4 Å². The van der Waals surface area contributed by atoms with Gasteiger partial charge in [-0.25, -0.2) is 0 Å². The first-order valence-corrected chi connectivity index (χ1v) is 5.76. The number of rotatable bonds is 2. The maximum absolute atomic E-state index is 10.9. The van der Waals surface area contributed by atoms with Crippen LogP contribution < -0.4 is 5.32 Å². The van der Waals surface area contributed by atoms with Gasteiger partial charge in [0.1, 0.15) is 0 Å². The third-order valence-corrected chi connectivity index (χ3v) is 4.61. The number of amides is 1. The summed E-state index contributed by atoms with van der Waals surface area (Å²) in [5, 5.41) is 2.97. The SMILES string of the molecule is CC(=O)NCC1CCC2CC1C2(C)C. The molecule has 0 radical (unpaired) electrons. The lowest BCUT2D eigenvalue weighted by atomic mass is 9.45. The summed E-state index contributed by atoms with van der Waals surface area (Å²) >= 11 is 0. The summed E-state index contributed by atoms with van der Waals surface area (Å²) in [5.41, 5.74) is 0.543. The van der Waals surface area contributed by atoms with E-state index in [0.29, 0.717) is 5.41 Å². The van der Waals surface area contributed by atoms with Crippen LogP contribution in [0.15, 0.2) is 0 Å². The molecule has 3 atom stereocenters. The van der Waals surface area contributed by atoms with Crippen molar-refractivity contribution < 1.29 is 4.79 Å². The quantitative estimate of drug-likeness (QED) is 0.719. The highest BCUT2D eigenvalue weighted by molar-refractivity contribution is 5.72. The predicted octanol–water partition coefficient (Wildman–Crippen LogP) is 2.19. The number of nitrogens with one attached hydrogen (secondary N) is 1. The second kappa shape index (κ2) is 3.25. The zero-order chi connectivity index (χ0) is 10.3. The van der Waals surface area contributed by atoms with E-state index < -0.39 is 0 Å². The van der Waals surface area contributed by atoms with Gasteiger partial charge in [0, 0.05) is 13.5 Å². The van der Waals surface area contributed by atoms with E-state index in [1.165, 1.54) is 19.3 Å². The van der Waals surface area contributed by atoms with E-state index in [2.05, 4.69) is 19.2 Å². The van der Waals surface area contributed by atoms with Crippen LogP contribution in [-0.2, 0) is 4.79 Å². The summed E-state index contributed by atoms with van der Waals surface area (Å²) in [7, 11) is 0. The fourth-order valence-corrected chi connectivity index (χ4v) is 3.48. The van der Waals surface area contributed by atoms with Gasteiger partial charge in [-0.3, -0.25) is 4.79 Å². The molecule has 2 nitrogen and oxygen atoms in total. The van der Waals surface area contributed by atoms with Crippen molar-refractivity contribution in [1.82, 2.24) is 5.32 Å². The molecular weight excluding hydrogens is 174 g/mol. The Morgan fingerprint density at radius 1 is 1.43 bits per heavy atom. The van der Waals surface area contributed by atoms with Crippen molar-refractivity contribution in [3.63, 3.8) is 0 Å². The Labute approximate surface area is 86.5 Å². The fourth-order valence-electron chi connectivity index (χ4n) is 3.48. The lowest BCUT2D eigenvalue weighted by Gasteiger charge is -2.60. The molecule has 0 heterocycles. The van der Waals surface area contributed by atoms with Gasteiger partial charge in [0.15, 0.2) is 0 Å². The van der Waals surface area contributed by atoms with Crippen molar-refractivity contribution in [2.45, 2.75) is 40.0 Å². The molecule has 2 bridgehead atoms. The normalized spacial score (nSPS) is 38.6. The Morgan fingerprint density at radius 3 is 2.64 bits per heavy atom. The Hall–Kier alpha value is -0.530. The van der Waals surface area contributed by atoms with Crippen LogP contribution in [0, 0.1) is 23.2 Å². The zero-order valence-electron chi connectivity index (χ0n) is 9.47. The maximum Gasteiger partial charge on any atom is 0.216 e. The van der Waals surface area contributed by atoms with Crippen LogP contribution in [0.1, 0.15) is 40.0 Å². The molecule has 3 rings (SSSR count). The second-order valence-corrected chi connectivity index (χ2v) is 5.64. The first-order valence-electron chi connectivity index (χ1n) is 5.76. The third-order valence-electron chi connectivity index (χ3n) is 4.61. The first-order chi connectivity index (χ1) is 6.51. The number of hydrogen-bond acceptors (Lipinski definition) is 1. The van der Waals surface area contributed by atoms with E-state index in [1.54, 1.807) is 6.92 Å². The number of fused-ring (bicyclic) bond motifs is 2. The first kappa shape index (κ1) is 10.0. The van der Waals surface area contributed by atoms with Crippen molar-refractivity contribution in [2.75, 3.05) is 6.54 Å². The van der Waals surface area contributed by atoms with E-state index in [1.807, 2.05) is 0 Å². The second-order valence-electron chi connectivity index (χ2n) is 5.64. The topological polar surface area (TPSA) is 29.1 Å². The van der Waals surface area contributed by atoms with Gasteiger partial charge >= 0.3 is 0 Å². The Balaban J connectivity index is 1.91. The summed E-state index contributed by atoms with van der Waals surface area (Å²) in [6, 6.07) is 0. The van der Waals surface area contributed by atoms with Crippen molar-refractivity contribution in [2.24, 2.45) is 23.2 Å². The summed E-state index contributed by atoms with van der Waals surface area (Å²) in [6.45, 7) is 7.30. The monoisotopic (exact) mass is 195 g/mol. The van der Waals surface area contributed by atoms with E-state index in [-0.39, 0.29) is 5.91 Å². The minimum Gasteiger partial charge on any atom is -0.356 e. The molecule has 1 N–H and O–H groups in total. The molecule has 2 heteroatoms. The van der Waals surface area contributed by atoms with Gasteiger partial charge in [0.2, 0.25) is 5.91 Å². The summed E-state index contributed by atoms with van der Waals surface area (Å²) in [5.74, 6) is 2.66. The van der Waals surface area contributed by atoms with Crippen molar-refractivity contribution >= 4 is 5.91 Å². The molecule has 0 saturated heterocycles. The molecule has 0 aliphatic heterocycles. The summed E-state index contributed by atoms with van der Waals surface area (Å²) in [4.78, 5) is 10.9. The van der Waals surface area contributed by atoms with Crippen LogP contribution in [0.4, 0.5) is 0 Å². The molecule has 1 amide bonds. The molecule has 3 unspecified atom stereocenters. The average Bonchev–Trinajstić information content (AvgIpc) is 2.14. The number of carbonyl (C=O) groups excluding carboxylic acids is 1. The highest BCUT2D eigenvalue weighted by atomic mass is 16.1. The third kappa shape index (κ3) is 1.45. The van der Waals surface area contributed by atoms with E-state index in [0.717, 1.165) is 24.3 Å². The van der Waals surface area contributed by atoms with Gasteiger partial charge in [0.05, 0.1) is 0 Å². The minimum atomic E-state index is 0.115. The largest absolute Gasteiger partial charge is 0.356 e. The van der Waals surface area contributed by atoms with E-state index in [4.69, 9.17) is 0 Å². The molecule has 0 aromatic carbocycles. The summed E-state index contributed by atoms with van der Waals surface area (Å²) in [6.07, 6.45) is 4.09. The Kier molecular flexibility index (Phi) is 2.32. The van der Waals surface area contributed by atoms with Gasteiger partial charge in [0.25, 0.3) is 0 Å². The lowest BCUT2D eigenvalue weighted by molar-refractivity contribution is -0.123. The lowest BCUT2D eigenvalue weighted by Crippen LogP contribution is -2.54. The highest BCUT2D eigenvalue weighted by Gasteiger charge is 2.53. The van der Waals surface area contributed by atoms with Crippen LogP contribution in [0.5, 0.6) is 0 Å². The van der Waals surface area contributed by atoms with Crippen molar-refractivity contribution in [3.8, 4) is 0 Å². The highest BCUT2D eigenvalue weighted by Crippen LogP contribution is 2.61. The number of carbonyl (C=O) groups is 1. The van der Waals surface area contributed by atoms with Crippen LogP contribution in [0.3, 0.4) is 0 Å².